The highest BCUT2D eigenvalue weighted by molar-refractivity contribution is 5.85. The molecule has 1 aliphatic rings. The Labute approximate surface area is 114 Å². The van der Waals surface area contributed by atoms with Crippen LogP contribution in [0.25, 0.3) is 0 Å². The number of hydrogen-bond donors (Lipinski definition) is 2. The smallest absolute Gasteiger partial charge is 0.354 e. The summed E-state index contributed by atoms with van der Waals surface area (Å²) in [6.45, 7) is 3.24. The molecule has 0 saturated heterocycles. The van der Waals surface area contributed by atoms with Crippen LogP contribution in [0.4, 0.5) is 5.69 Å². The van der Waals surface area contributed by atoms with Crippen molar-refractivity contribution in [2.75, 3.05) is 11.9 Å². The normalized spacial score (nSPS) is 23.0. The molecular weight excluding hydrogens is 240 g/mol. The van der Waals surface area contributed by atoms with Gasteiger partial charge in [-0.1, -0.05) is 26.2 Å². The molecule has 2 rings (SSSR count). The summed E-state index contributed by atoms with van der Waals surface area (Å²) in [6.07, 6.45) is 8.19. The van der Waals surface area contributed by atoms with Crippen LogP contribution in [0.15, 0.2) is 18.3 Å². The predicted octanol–water partition coefficient (Wildman–Crippen LogP) is 3.41. The average Bonchev–Trinajstić information content (AvgIpc) is 2.46. The van der Waals surface area contributed by atoms with E-state index in [-0.39, 0.29) is 5.69 Å². The predicted molar refractivity (Wildman–Crippen MR) is 75.4 cm³/mol. The Balaban J connectivity index is 1.78. The fraction of sp³-hybridized carbons (Fsp3) is 0.600. The van der Waals surface area contributed by atoms with Crippen LogP contribution in [0.2, 0.25) is 0 Å². The third kappa shape index (κ3) is 3.94. The SMILES string of the molecule is CCC1CCC(CNc2ccc(C(=O)O)nc2)CC1. The molecule has 0 radical (unpaired) electrons. The van der Waals surface area contributed by atoms with Crippen LogP contribution in [-0.4, -0.2) is 22.6 Å². The van der Waals surface area contributed by atoms with Gasteiger partial charge in [-0.3, -0.25) is 0 Å². The Hall–Kier alpha value is -1.58. The van der Waals surface area contributed by atoms with E-state index in [1.54, 1.807) is 18.3 Å². The Morgan fingerprint density at radius 1 is 1.32 bits per heavy atom. The largest absolute Gasteiger partial charge is 0.477 e. The molecule has 1 heterocycles. The number of carbonyl (C=O) groups is 1. The van der Waals surface area contributed by atoms with Gasteiger partial charge in [0.1, 0.15) is 5.69 Å². The number of nitrogens with one attached hydrogen (secondary N) is 1. The number of pyridine rings is 1. The molecule has 1 saturated carbocycles. The van der Waals surface area contributed by atoms with Crippen molar-refractivity contribution in [3.05, 3.63) is 24.0 Å². The van der Waals surface area contributed by atoms with Gasteiger partial charge in [-0.15, -0.1) is 0 Å². The van der Waals surface area contributed by atoms with E-state index in [2.05, 4.69) is 17.2 Å². The van der Waals surface area contributed by atoms with E-state index in [0.717, 1.165) is 24.1 Å². The zero-order valence-electron chi connectivity index (χ0n) is 11.4. The Morgan fingerprint density at radius 2 is 2.00 bits per heavy atom. The minimum Gasteiger partial charge on any atom is -0.477 e. The third-order valence-electron chi connectivity index (χ3n) is 4.12. The molecule has 0 atom stereocenters. The summed E-state index contributed by atoms with van der Waals surface area (Å²) >= 11 is 0. The van der Waals surface area contributed by atoms with Gasteiger partial charge < -0.3 is 10.4 Å². The summed E-state index contributed by atoms with van der Waals surface area (Å²) in [5.41, 5.74) is 0.997. The van der Waals surface area contributed by atoms with E-state index < -0.39 is 5.97 Å². The zero-order chi connectivity index (χ0) is 13.7. The van der Waals surface area contributed by atoms with E-state index in [0.29, 0.717) is 0 Å². The third-order valence-corrected chi connectivity index (χ3v) is 4.12. The molecule has 0 unspecified atom stereocenters. The maximum Gasteiger partial charge on any atom is 0.354 e. The van der Waals surface area contributed by atoms with Crippen molar-refractivity contribution >= 4 is 11.7 Å². The Bertz CT molecular complexity index is 409. The molecule has 2 N–H and O–H groups in total. The number of carboxylic acid groups (broad SMARTS) is 1. The molecule has 4 nitrogen and oxygen atoms in total. The first-order chi connectivity index (χ1) is 9.19. The summed E-state index contributed by atoms with van der Waals surface area (Å²) in [5, 5.41) is 12.1. The minimum atomic E-state index is -0.982. The van der Waals surface area contributed by atoms with Crippen molar-refractivity contribution in [3.8, 4) is 0 Å². The molecule has 104 valence electrons. The van der Waals surface area contributed by atoms with Gasteiger partial charge in [0.2, 0.25) is 0 Å². The van der Waals surface area contributed by atoms with Crippen LogP contribution in [0.1, 0.15) is 49.5 Å². The first kappa shape index (κ1) is 13.8. The summed E-state index contributed by atoms with van der Waals surface area (Å²) in [5.74, 6) is 0.680. The highest BCUT2D eigenvalue weighted by atomic mass is 16.4. The number of aromatic carboxylic acids is 1. The Kier molecular flexibility index (Phi) is 4.77. The van der Waals surface area contributed by atoms with Gasteiger partial charge >= 0.3 is 5.97 Å². The second kappa shape index (κ2) is 6.55. The van der Waals surface area contributed by atoms with Gasteiger partial charge in [0.05, 0.1) is 11.9 Å². The van der Waals surface area contributed by atoms with Crippen molar-refractivity contribution in [2.45, 2.75) is 39.0 Å². The van der Waals surface area contributed by atoms with Crippen molar-refractivity contribution in [2.24, 2.45) is 11.8 Å². The monoisotopic (exact) mass is 262 g/mol. The van der Waals surface area contributed by atoms with E-state index in [9.17, 15) is 4.79 Å². The van der Waals surface area contributed by atoms with Crippen LogP contribution < -0.4 is 5.32 Å². The number of anilines is 1. The number of hydrogen-bond acceptors (Lipinski definition) is 3. The molecule has 0 amide bonds. The molecule has 0 aromatic carbocycles. The Morgan fingerprint density at radius 3 is 2.53 bits per heavy atom. The second-order valence-corrected chi connectivity index (χ2v) is 5.41. The van der Waals surface area contributed by atoms with Crippen molar-refractivity contribution in [1.29, 1.82) is 0 Å². The van der Waals surface area contributed by atoms with E-state index >= 15 is 0 Å². The van der Waals surface area contributed by atoms with Crippen LogP contribution in [0, 0.1) is 11.8 Å². The van der Waals surface area contributed by atoms with Gasteiger partial charge in [-0.05, 0) is 36.8 Å². The van der Waals surface area contributed by atoms with Gasteiger partial charge in [0.25, 0.3) is 0 Å². The van der Waals surface area contributed by atoms with Gasteiger partial charge in [0.15, 0.2) is 0 Å². The molecular formula is C15H22N2O2. The van der Waals surface area contributed by atoms with Crippen LogP contribution in [0.3, 0.4) is 0 Å². The number of rotatable bonds is 5. The number of nitrogens with zero attached hydrogens (tertiary/aromatic N) is 1. The number of aromatic nitrogens is 1. The minimum absolute atomic E-state index is 0.0917. The fourth-order valence-corrected chi connectivity index (χ4v) is 2.73. The van der Waals surface area contributed by atoms with Crippen molar-refractivity contribution in [1.82, 2.24) is 4.98 Å². The fourth-order valence-electron chi connectivity index (χ4n) is 2.73. The molecule has 1 aromatic heterocycles. The highest BCUT2D eigenvalue weighted by Gasteiger charge is 2.19. The molecule has 19 heavy (non-hydrogen) atoms. The summed E-state index contributed by atoms with van der Waals surface area (Å²) in [4.78, 5) is 14.6. The van der Waals surface area contributed by atoms with Crippen molar-refractivity contribution < 1.29 is 9.90 Å². The van der Waals surface area contributed by atoms with Crippen LogP contribution in [-0.2, 0) is 0 Å². The average molecular weight is 262 g/mol. The van der Waals surface area contributed by atoms with Crippen LogP contribution in [0.5, 0.6) is 0 Å². The van der Waals surface area contributed by atoms with E-state index in [4.69, 9.17) is 5.11 Å². The first-order valence-corrected chi connectivity index (χ1v) is 7.12. The summed E-state index contributed by atoms with van der Waals surface area (Å²) in [6, 6.07) is 3.33. The van der Waals surface area contributed by atoms with Crippen LogP contribution >= 0.6 is 0 Å². The standard InChI is InChI=1S/C15H22N2O2/c1-2-11-3-5-12(6-4-11)9-16-13-7-8-14(15(18)19)17-10-13/h7-8,10-12,16H,2-6,9H2,1H3,(H,18,19). The van der Waals surface area contributed by atoms with Gasteiger partial charge in [-0.25, -0.2) is 9.78 Å². The molecule has 1 fully saturated rings. The lowest BCUT2D eigenvalue weighted by Gasteiger charge is -2.28. The molecule has 0 aliphatic heterocycles. The topological polar surface area (TPSA) is 62.2 Å². The van der Waals surface area contributed by atoms with Gasteiger partial charge in [-0.2, -0.15) is 0 Å². The van der Waals surface area contributed by atoms with Crippen molar-refractivity contribution in [3.63, 3.8) is 0 Å². The van der Waals surface area contributed by atoms with Gasteiger partial charge in [0, 0.05) is 6.54 Å². The molecule has 4 heteroatoms. The maximum atomic E-state index is 10.7. The quantitative estimate of drug-likeness (QED) is 0.853. The summed E-state index contributed by atoms with van der Waals surface area (Å²) in [7, 11) is 0. The van der Waals surface area contributed by atoms with E-state index in [1.807, 2.05) is 0 Å². The number of carboxylic acids is 1. The first-order valence-electron chi connectivity index (χ1n) is 7.12. The molecule has 0 bridgehead atoms. The lowest BCUT2D eigenvalue weighted by Crippen LogP contribution is -2.21. The zero-order valence-corrected chi connectivity index (χ0v) is 11.4. The summed E-state index contributed by atoms with van der Waals surface area (Å²) < 4.78 is 0. The maximum absolute atomic E-state index is 10.7. The highest BCUT2D eigenvalue weighted by Crippen LogP contribution is 2.30. The molecule has 1 aromatic rings. The van der Waals surface area contributed by atoms with E-state index in [1.165, 1.54) is 32.1 Å². The molecule has 0 spiro atoms. The lowest BCUT2D eigenvalue weighted by molar-refractivity contribution is 0.0690. The molecule has 1 aliphatic carbocycles. The lowest BCUT2D eigenvalue weighted by atomic mass is 9.81. The second-order valence-electron chi connectivity index (χ2n) is 5.41.